The smallest absolute Gasteiger partial charge is 0.271 e. The van der Waals surface area contributed by atoms with E-state index in [4.69, 9.17) is 17.3 Å². The molecule has 1 atom stereocenters. The highest BCUT2D eigenvalue weighted by molar-refractivity contribution is 6.30. The number of rotatable bonds is 2. The molecule has 1 heterocycles. The first-order valence-corrected chi connectivity index (χ1v) is 5.96. The summed E-state index contributed by atoms with van der Waals surface area (Å²) >= 11 is 5.84. The average molecular weight is 264 g/mol. The van der Waals surface area contributed by atoms with Gasteiger partial charge in [0.2, 0.25) is 0 Å². The highest BCUT2D eigenvalue weighted by Gasteiger charge is 2.11. The topological polar surface area (TPSA) is 60.9 Å². The Kier molecular flexibility index (Phi) is 3.50. The summed E-state index contributed by atoms with van der Waals surface area (Å²) in [4.78, 5) is 11.8. The molecule has 0 saturated carbocycles. The Morgan fingerprint density at radius 3 is 2.50 bits per heavy atom. The quantitative estimate of drug-likeness (QED) is 0.903. The summed E-state index contributed by atoms with van der Waals surface area (Å²) in [6.07, 6.45) is 0. The predicted molar refractivity (Wildman–Crippen MR) is 72.5 cm³/mol. The van der Waals surface area contributed by atoms with Crippen LogP contribution in [0.15, 0.2) is 35.1 Å². The molecule has 0 aliphatic carbocycles. The first-order chi connectivity index (χ1) is 8.49. The van der Waals surface area contributed by atoms with Gasteiger partial charge in [-0.15, -0.1) is 0 Å². The standard InChI is InChI=1S/C13H14ClN3O/c1-8(15)11-7-12(16-17(2)13(11)18)9-3-5-10(14)6-4-9/h3-8H,15H2,1-2H3. The third-order valence-corrected chi connectivity index (χ3v) is 2.97. The van der Waals surface area contributed by atoms with Crippen LogP contribution in [0.4, 0.5) is 0 Å². The van der Waals surface area contributed by atoms with Crippen LogP contribution < -0.4 is 11.3 Å². The Bertz CT molecular complexity index is 617. The molecule has 5 heteroatoms. The van der Waals surface area contributed by atoms with E-state index in [0.29, 0.717) is 16.3 Å². The van der Waals surface area contributed by atoms with E-state index >= 15 is 0 Å². The first kappa shape index (κ1) is 12.8. The normalized spacial score (nSPS) is 12.4. The van der Waals surface area contributed by atoms with Gasteiger partial charge in [0.25, 0.3) is 5.56 Å². The summed E-state index contributed by atoms with van der Waals surface area (Å²) in [5.41, 5.74) is 7.79. The Labute approximate surface area is 110 Å². The summed E-state index contributed by atoms with van der Waals surface area (Å²) < 4.78 is 1.31. The van der Waals surface area contributed by atoms with Crippen molar-refractivity contribution in [2.75, 3.05) is 0 Å². The van der Waals surface area contributed by atoms with E-state index in [9.17, 15) is 4.79 Å². The van der Waals surface area contributed by atoms with Crippen LogP contribution in [0, 0.1) is 0 Å². The van der Waals surface area contributed by atoms with Crippen molar-refractivity contribution < 1.29 is 0 Å². The molecule has 1 aromatic heterocycles. The molecule has 0 radical (unpaired) electrons. The van der Waals surface area contributed by atoms with E-state index in [1.165, 1.54) is 4.68 Å². The van der Waals surface area contributed by atoms with E-state index in [0.717, 1.165) is 5.56 Å². The van der Waals surface area contributed by atoms with E-state index in [-0.39, 0.29) is 11.6 Å². The van der Waals surface area contributed by atoms with E-state index in [1.807, 2.05) is 12.1 Å². The SMILES string of the molecule is CC(N)c1cc(-c2ccc(Cl)cc2)nn(C)c1=O. The molecule has 0 aliphatic heterocycles. The van der Waals surface area contributed by atoms with Gasteiger partial charge in [-0.05, 0) is 25.1 Å². The molecule has 0 spiro atoms. The molecule has 94 valence electrons. The van der Waals surface area contributed by atoms with Gasteiger partial charge in [-0.2, -0.15) is 5.10 Å². The lowest BCUT2D eigenvalue weighted by atomic mass is 10.1. The largest absolute Gasteiger partial charge is 0.324 e. The van der Waals surface area contributed by atoms with Crippen LogP contribution in [-0.4, -0.2) is 9.78 Å². The Morgan fingerprint density at radius 1 is 1.33 bits per heavy atom. The molecular weight excluding hydrogens is 250 g/mol. The fourth-order valence-electron chi connectivity index (χ4n) is 1.72. The minimum absolute atomic E-state index is 0.164. The molecule has 0 amide bonds. The third kappa shape index (κ3) is 2.44. The molecule has 0 fully saturated rings. The van der Waals surface area contributed by atoms with Gasteiger partial charge in [-0.3, -0.25) is 4.79 Å². The average Bonchev–Trinajstić information content (AvgIpc) is 2.33. The zero-order valence-corrected chi connectivity index (χ0v) is 11.0. The maximum atomic E-state index is 11.8. The van der Waals surface area contributed by atoms with Crippen molar-refractivity contribution in [1.29, 1.82) is 0 Å². The number of nitrogens with two attached hydrogens (primary N) is 1. The summed E-state index contributed by atoms with van der Waals surface area (Å²) in [7, 11) is 1.62. The molecular formula is C13H14ClN3O. The second kappa shape index (κ2) is 4.92. The van der Waals surface area contributed by atoms with Crippen molar-refractivity contribution >= 4 is 11.6 Å². The fourth-order valence-corrected chi connectivity index (χ4v) is 1.85. The molecule has 0 aliphatic rings. The zero-order valence-electron chi connectivity index (χ0n) is 10.2. The second-order valence-corrected chi connectivity index (χ2v) is 4.65. The lowest BCUT2D eigenvalue weighted by Crippen LogP contribution is -2.27. The fraction of sp³-hybridized carbons (Fsp3) is 0.231. The molecule has 2 aromatic rings. The highest BCUT2D eigenvalue weighted by atomic mass is 35.5. The van der Waals surface area contributed by atoms with Crippen molar-refractivity contribution in [1.82, 2.24) is 9.78 Å². The van der Waals surface area contributed by atoms with Crippen molar-refractivity contribution in [2.24, 2.45) is 12.8 Å². The Hall–Kier alpha value is -1.65. The summed E-state index contributed by atoms with van der Waals surface area (Å²) in [5.74, 6) is 0. The number of aromatic nitrogens is 2. The maximum absolute atomic E-state index is 11.8. The summed E-state index contributed by atoms with van der Waals surface area (Å²) in [5, 5.41) is 4.88. The van der Waals surface area contributed by atoms with Crippen LogP contribution in [0.3, 0.4) is 0 Å². The first-order valence-electron chi connectivity index (χ1n) is 5.59. The minimum Gasteiger partial charge on any atom is -0.324 e. The molecule has 2 rings (SSSR count). The number of nitrogens with zero attached hydrogens (tertiary/aromatic N) is 2. The summed E-state index contributed by atoms with van der Waals surface area (Å²) in [6.45, 7) is 1.78. The second-order valence-electron chi connectivity index (χ2n) is 4.21. The van der Waals surface area contributed by atoms with E-state index in [1.54, 1.807) is 32.2 Å². The minimum atomic E-state index is -0.322. The molecule has 2 N–H and O–H groups in total. The Morgan fingerprint density at radius 2 is 1.94 bits per heavy atom. The number of hydrogen-bond donors (Lipinski definition) is 1. The van der Waals surface area contributed by atoms with Gasteiger partial charge in [0.1, 0.15) is 0 Å². The van der Waals surface area contributed by atoms with Crippen molar-refractivity contribution in [3.63, 3.8) is 0 Å². The monoisotopic (exact) mass is 263 g/mol. The van der Waals surface area contributed by atoms with Crippen LogP contribution >= 0.6 is 11.6 Å². The number of hydrogen-bond acceptors (Lipinski definition) is 3. The lowest BCUT2D eigenvalue weighted by molar-refractivity contribution is 0.675. The Balaban J connectivity index is 2.59. The third-order valence-electron chi connectivity index (χ3n) is 2.72. The van der Waals surface area contributed by atoms with Crippen molar-refractivity contribution in [2.45, 2.75) is 13.0 Å². The molecule has 0 bridgehead atoms. The van der Waals surface area contributed by atoms with Gasteiger partial charge in [-0.1, -0.05) is 23.7 Å². The maximum Gasteiger partial charge on any atom is 0.271 e. The predicted octanol–water partition coefficient (Wildman–Crippen LogP) is 2.12. The van der Waals surface area contributed by atoms with Gasteiger partial charge in [0, 0.05) is 29.2 Å². The van der Waals surface area contributed by atoms with Crippen LogP contribution in [0.25, 0.3) is 11.3 Å². The zero-order chi connectivity index (χ0) is 13.3. The van der Waals surface area contributed by atoms with E-state index < -0.39 is 0 Å². The molecule has 0 saturated heterocycles. The van der Waals surface area contributed by atoms with Crippen LogP contribution in [0.1, 0.15) is 18.5 Å². The summed E-state index contributed by atoms with van der Waals surface area (Å²) in [6, 6.07) is 8.71. The molecule has 4 nitrogen and oxygen atoms in total. The number of halogens is 1. The van der Waals surface area contributed by atoms with Crippen LogP contribution in [0.5, 0.6) is 0 Å². The van der Waals surface area contributed by atoms with Crippen LogP contribution in [-0.2, 0) is 7.05 Å². The number of aryl methyl sites for hydroxylation is 1. The highest BCUT2D eigenvalue weighted by Crippen LogP contribution is 2.20. The van der Waals surface area contributed by atoms with Gasteiger partial charge in [0.15, 0.2) is 0 Å². The van der Waals surface area contributed by atoms with Gasteiger partial charge >= 0.3 is 0 Å². The molecule has 1 aromatic carbocycles. The van der Waals surface area contributed by atoms with Crippen molar-refractivity contribution in [3.8, 4) is 11.3 Å². The van der Waals surface area contributed by atoms with E-state index in [2.05, 4.69) is 5.10 Å². The molecule has 1 unspecified atom stereocenters. The molecule has 18 heavy (non-hydrogen) atoms. The lowest BCUT2D eigenvalue weighted by Gasteiger charge is -2.09. The van der Waals surface area contributed by atoms with Crippen molar-refractivity contribution in [3.05, 3.63) is 51.3 Å². The van der Waals surface area contributed by atoms with Crippen LogP contribution in [0.2, 0.25) is 5.02 Å². The van der Waals surface area contributed by atoms with Gasteiger partial charge in [0.05, 0.1) is 5.69 Å². The van der Waals surface area contributed by atoms with Gasteiger partial charge in [-0.25, -0.2) is 4.68 Å². The van der Waals surface area contributed by atoms with Gasteiger partial charge < -0.3 is 5.73 Å². The number of benzene rings is 1.